The van der Waals surface area contributed by atoms with Gasteiger partial charge < -0.3 is 0 Å². The molecule has 46 heavy (non-hydrogen) atoms. The average molecular weight is 591 g/mol. The van der Waals surface area contributed by atoms with E-state index in [0.717, 1.165) is 0 Å². The summed E-state index contributed by atoms with van der Waals surface area (Å²) in [4.78, 5) is 17.7. The standard InChI is InChI=1S/C42H30N4/c1-27-3-5-33-35-25-40-36(26-39(35)41(37(33)23-27,29-7-15-43-16-8-29)30-9-17-44-18-10-30)34-6-4-28(2)24-38(34)42(40,31-11-19-45-20-12-31)32-13-21-46-22-14-32/h3-26H,1-2H3. The molecule has 4 heterocycles. The highest BCUT2D eigenvalue weighted by Crippen LogP contribution is 2.62. The van der Waals surface area contributed by atoms with Crippen LogP contribution >= 0.6 is 0 Å². The molecule has 0 N–H and O–H groups in total. The Morgan fingerprint density at radius 3 is 0.913 bits per heavy atom. The minimum Gasteiger partial charge on any atom is -0.265 e. The van der Waals surface area contributed by atoms with Crippen LogP contribution in [0.4, 0.5) is 0 Å². The van der Waals surface area contributed by atoms with E-state index in [2.05, 4.69) is 131 Å². The van der Waals surface area contributed by atoms with Gasteiger partial charge in [0.1, 0.15) is 0 Å². The Hall–Kier alpha value is -5.74. The first kappa shape index (κ1) is 26.6. The third-order valence-corrected chi connectivity index (χ3v) is 10.2. The smallest absolute Gasteiger partial charge is 0.0716 e. The number of aryl methyl sites for hydroxylation is 2. The zero-order valence-electron chi connectivity index (χ0n) is 25.6. The molecule has 0 unspecified atom stereocenters. The summed E-state index contributed by atoms with van der Waals surface area (Å²) in [5, 5.41) is 0. The molecule has 0 amide bonds. The number of fused-ring (bicyclic) bond motifs is 6. The van der Waals surface area contributed by atoms with Crippen molar-refractivity contribution in [2.75, 3.05) is 0 Å². The van der Waals surface area contributed by atoms with Crippen LogP contribution in [0.25, 0.3) is 22.3 Å². The average Bonchev–Trinajstić information content (AvgIpc) is 3.55. The summed E-state index contributed by atoms with van der Waals surface area (Å²) < 4.78 is 0. The fourth-order valence-electron chi connectivity index (χ4n) is 8.35. The molecule has 4 aromatic heterocycles. The molecule has 9 rings (SSSR count). The van der Waals surface area contributed by atoms with Crippen molar-refractivity contribution in [3.63, 3.8) is 0 Å². The van der Waals surface area contributed by atoms with Gasteiger partial charge in [-0.05, 0) is 141 Å². The molecule has 218 valence electrons. The van der Waals surface area contributed by atoms with E-state index < -0.39 is 10.8 Å². The number of benzene rings is 3. The number of hydrogen-bond acceptors (Lipinski definition) is 4. The zero-order chi connectivity index (χ0) is 30.9. The molecule has 2 aliphatic rings. The quantitative estimate of drug-likeness (QED) is 0.206. The van der Waals surface area contributed by atoms with Gasteiger partial charge in [0.2, 0.25) is 0 Å². The lowest BCUT2D eigenvalue weighted by Gasteiger charge is -2.35. The number of nitrogens with zero attached hydrogens (tertiary/aromatic N) is 4. The number of hydrogen-bond donors (Lipinski definition) is 0. The summed E-state index contributed by atoms with van der Waals surface area (Å²) in [6.45, 7) is 4.37. The molecular weight excluding hydrogens is 560 g/mol. The lowest BCUT2D eigenvalue weighted by atomic mass is 9.66. The lowest BCUT2D eigenvalue weighted by Crippen LogP contribution is -2.30. The van der Waals surface area contributed by atoms with Gasteiger partial charge in [-0.25, -0.2) is 0 Å². The second kappa shape index (κ2) is 9.88. The maximum absolute atomic E-state index is 4.43. The molecule has 4 nitrogen and oxygen atoms in total. The molecule has 0 atom stereocenters. The third kappa shape index (κ3) is 3.44. The maximum Gasteiger partial charge on any atom is 0.0716 e. The Morgan fingerprint density at radius 1 is 0.326 bits per heavy atom. The summed E-state index contributed by atoms with van der Waals surface area (Å²) in [6, 6.07) is 36.2. The van der Waals surface area contributed by atoms with Gasteiger partial charge in [-0.3, -0.25) is 19.9 Å². The van der Waals surface area contributed by atoms with Crippen LogP contribution in [-0.4, -0.2) is 19.9 Å². The number of aromatic nitrogens is 4. The van der Waals surface area contributed by atoms with E-state index in [1.165, 1.54) is 77.9 Å². The fraction of sp³-hybridized carbons (Fsp3) is 0.0952. The van der Waals surface area contributed by atoms with Crippen molar-refractivity contribution in [3.8, 4) is 22.3 Å². The van der Waals surface area contributed by atoms with Crippen LogP contribution in [-0.2, 0) is 10.8 Å². The van der Waals surface area contributed by atoms with E-state index in [0.29, 0.717) is 0 Å². The molecule has 0 spiro atoms. The molecule has 3 aromatic carbocycles. The summed E-state index contributed by atoms with van der Waals surface area (Å²) in [6.07, 6.45) is 15.3. The molecule has 0 fully saturated rings. The van der Waals surface area contributed by atoms with Gasteiger partial charge in [0.05, 0.1) is 10.8 Å². The first-order chi connectivity index (χ1) is 22.6. The third-order valence-electron chi connectivity index (χ3n) is 10.2. The van der Waals surface area contributed by atoms with Gasteiger partial charge in [0, 0.05) is 49.6 Å². The van der Waals surface area contributed by atoms with Crippen molar-refractivity contribution < 1.29 is 0 Å². The van der Waals surface area contributed by atoms with Gasteiger partial charge in [-0.1, -0.05) is 47.5 Å². The summed E-state index contributed by atoms with van der Waals surface area (Å²) >= 11 is 0. The van der Waals surface area contributed by atoms with E-state index in [4.69, 9.17) is 0 Å². The van der Waals surface area contributed by atoms with Crippen molar-refractivity contribution in [1.82, 2.24) is 19.9 Å². The molecule has 0 saturated heterocycles. The van der Waals surface area contributed by atoms with Crippen molar-refractivity contribution in [2.45, 2.75) is 24.7 Å². The SMILES string of the molecule is Cc1ccc2c(c1)C(c1ccncc1)(c1ccncc1)c1cc3c(cc1-2)C(c1ccncc1)(c1ccncc1)c1cc(C)ccc1-3. The summed E-state index contributed by atoms with van der Waals surface area (Å²) in [5.41, 5.74) is 16.3. The van der Waals surface area contributed by atoms with Gasteiger partial charge >= 0.3 is 0 Å². The zero-order valence-corrected chi connectivity index (χ0v) is 25.6. The molecule has 0 bridgehead atoms. The fourth-order valence-corrected chi connectivity index (χ4v) is 8.35. The second-order valence-electron chi connectivity index (χ2n) is 12.5. The largest absolute Gasteiger partial charge is 0.265 e. The first-order valence-electron chi connectivity index (χ1n) is 15.7. The van der Waals surface area contributed by atoms with E-state index >= 15 is 0 Å². The monoisotopic (exact) mass is 590 g/mol. The lowest BCUT2D eigenvalue weighted by molar-refractivity contribution is 0.754. The topological polar surface area (TPSA) is 51.6 Å². The van der Waals surface area contributed by atoms with Crippen LogP contribution in [0.3, 0.4) is 0 Å². The van der Waals surface area contributed by atoms with Crippen LogP contribution in [0, 0.1) is 13.8 Å². The van der Waals surface area contributed by atoms with E-state index in [-0.39, 0.29) is 0 Å². The molecule has 0 saturated carbocycles. The first-order valence-corrected chi connectivity index (χ1v) is 15.7. The Bertz CT molecular complexity index is 2020. The molecule has 0 aliphatic heterocycles. The predicted octanol–water partition coefficient (Wildman–Crippen LogP) is 8.61. The van der Waals surface area contributed by atoms with Crippen molar-refractivity contribution in [3.05, 3.63) is 202 Å². The van der Waals surface area contributed by atoms with Crippen LogP contribution in [0.5, 0.6) is 0 Å². The van der Waals surface area contributed by atoms with E-state index in [1.807, 2.05) is 49.6 Å². The summed E-state index contributed by atoms with van der Waals surface area (Å²) in [5.74, 6) is 0. The molecule has 0 radical (unpaired) electrons. The normalized spacial score (nSPS) is 14.7. The van der Waals surface area contributed by atoms with E-state index in [1.54, 1.807) is 0 Å². The van der Waals surface area contributed by atoms with Crippen molar-refractivity contribution in [1.29, 1.82) is 0 Å². The highest BCUT2D eigenvalue weighted by Gasteiger charge is 2.51. The highest BCUT2D eigenvalue weighted by molar-refractivity contribution is 5.94. The van der Waals surface area contributed by atoms with Crippen LogP contribution in [0.2, 0.25) is 0 Å². The number of rotatable bonds is 4. The number of pyridine rings is 4. The molecule has 7 aromatic rings. The molecule has 2 aliphatic carbocycles. The highest BCUT2D eigenvalue weighted by atomic mass is 14.6. The van der Waals surface area contributed by atoms with Crippen molar-refractivity contribution in [2.24, 2.45) is 0 Å². The van der Waals surface area contributed by atoms with Gasteiger partial charge in [-0.15, -0.1) is 0 Å². The van der Waals surface area contributed by atoms with E-state index in [9.17, 15) is 0 Å². The van der Waals surface area contributed by atoms with Gasteiger partial charge in [0.15, 0.2) is 0 Å². The second-order valence-corrected chi connectivity index (χ2v) is 12.5. The molecular formula is C42H30N4. The maximum atomic E-state index is 4.43. The van der Waals surface area contributed by atoms with Gasteiger partial charge in [-0.2, -0.15) is 0 Å². The van der Waals surface area contributed by atoms with Crippen LogP contribution in [0.15, 0.2) is 147 Å². The minimum absolute atomic E-state index is 0.541. The Kier molecular flexibility index (Phi) is 5.72. The molecule has 4 heteroatoms. The predicted molar refractivity (Wildman–Crippen MR) is 182 cm³/mol. The summed E-state index contributed by atoms with van der Waals surface area (Å²) in [7, 11) is 0. The Morgan fingerprint density at radius 2 is 0.609 bits per heavy atom. The Balaban J connectivity index is 1.47. The van der Waals surface area contributed by atoms with Gasteiger partial charge in [0.25, 0.3) is 0 Å². The van der Waals surface area contributed by atoms with Crippen LogP contribution in [0.1, 0.15) is 55.6 Å². The Labute approximate surface area is 268 Å². The van der Waals surface area contributed by atoms with Crippen molar-refractivity contribution >= 4 is 0 Å². The minimum atomic E-state index is -0.541. The van der Waals surface area contributed by atoms with Crippen LogP contribution < -0.4 is 0 Å².